The Morgan fingerprint density at radius 2 is 1.45 bits per heavy atom. The van der Waals surface area contributed by atoms with Gasteiger partial charge in [0.15, 0.2) is 0 Å². The maximum absolute atomic E-state index is 13.9. The van der Waals surface area contributed by atoms with Gasteiger partial charge in [-0.25, -0.2) is 4.79 Å². The van der Waals surface area contributed by atoms with E-state index >= 15 is 0 Å². The number of H-pyrrole nitrogens is 1. The zero-order chi connectivity index (χ0) is 47.6. The highest BCUT2D eigenvalue weighted by Gasteiger charge is 2.38. The number of amides is 7. The van der Waals surface area contributed by atoms with Crippen LogP contribution >= 0.6 is 0 Å². The molecule has 21 nitrogen and oxygen atoms in total. The van der Waals surface area contributed by atoms with E-state index in [1.165, 1.54) is 17.0 Å². The van der Waals surface area contributed by atoms with Gasteiger partial charge in [-0.15, -0.1) is 0 Å². The summed E-state index contributed by atoms with van der Waals surface area (Å²) in [5.74, 6) is -6.63. The third-order valence-corrected chi connectivity index (χ3v) is 10.9. The summed E-state index contributed by atoms with van der Waals surface area (Å²) < 4.78 is 0. The molecule has 0 unspecified atom stereocenters. The summed E-state index contributed by atoms with van der Waals surface area (Å²) in [5, 5.41) is 44.7. The number of phenols is 1. The summed E-state index contributed by atoms with van der Waals surface area (Å²) in [6, 6.07) is 6.46. The molecule has 14 N–H and O–H groups in total. The number of nitrogens with one attached hydrogen (secondary N) is 7. The maximum Gasteiger partial charge on any atom is 0.326 e. The molecule has 6 atom stereocenters. The van der Waals surface area contributed by atoms with Crippen molar-refractivity contribution >= 4 is 58.2 Å². The Morgan fingerprint density at radius 3 is 2.08 bits per heavy atom. The first-order chi connectivity index (χ1) is 31.0. The normalized spacial score (nSPS) is 15.8. The van der Waals surface area contributed by atoms with Crippen molar-refractivity contribution in [2.24, 2.45) is 17.4 Å². The second kappa shape index (κ2) is 25.1. The summed E-state index contributed by atoms with van der Waals surface area (Å²) in [7, 11) is 0. The number of nitrogens with two attached hydrogens (primary N) is 2. The fourth-order valence-corrected chi connectivity index (χ4v) is 7.48. The van der Waals surface area contributed by atoms with E-state index in [4.69, 9.17) is 11.5 Å². The summed E-state index contributed by atoms with van der Waals surface area (Å²) in [6.07, 6.45) is 4.03. The van der Waals surface area contributed by atoms with Crippen LogP contribution in [0.1, 0.15) is 63.5 Å². The minimum Gasteiger partial charge on any atom is -0.508 e. The van der Waals surface area contributed by atoms with Crippen molar-refractivity contribution in [2.45, 2.75) is 101 Å². The number of phenolic OH excluding ortho intramolecular Hbond substituents is 1. The third kappa shape index (κ3) is 15.6. The van der Waals surface area contributed by atoms with Crippen LogP contribution in [0.5, 0.6) is 5.75 Å². The number of hydrogen-bond acceptors (Lipinski definition) is 12. The molecule has 0 aliphatic carbocycles. The Balaban J connectivity index is 1.36. The van der Waals surface area contributed by atoms with Crippen LogP contribution in [0.25, 0.3) is 10.9 Å². The van der Waals surface area contributed by atoms with Crippen molar-refractivity contribution < 1.29 is 53.7 Å². The Bertz CT molecular complexity index is 2130. The number of aliphatic carboxylic acids is 1. The molecule has 4 rings (SSSR count). The number of benzene rings is 2. The highest BCUT2D eigenvalue weighted by molar-refractivity contribution is 5.97. The predicted octanol–water partition coefficient (Wildman–Crippen LogP) is -1.60. The van der Waals surface area contributed by atoms with Crippen molar-refractivity contribution in [3.63, 3.8) is 0 Å². The number of para-hydroxylation sites is 1. The second-order valence-corrected chi connectivity index (χ2v) is 16.5. The molecule has 0 saturated carbocycles. The van der Waals surface area contributed by atoms with Gasteiger partial charge < -0.3 is 68.6 Å². The zero-order valence-electron chi connectivity index (χ0n) is 36.6. The van der Waals surface area contributed by atoms with Crippen LogP contribution in [0.4, 0.5) is 0 Å². The van der Waals surface area contributed by atoms with Crippen molar-refractivity contribution in [1.29, 1.82) is 0 Å². The molecule has 2 heterocycles. The highest BCUT2D eigenvalue weighted by Crippen LogP contribution is 2.23. The van der Waals surface area contributed by atoms with Gasteiger partial charge in [-0.3, -0.25) is 33.6 Å². The van der Waals surface area contributed by atoms with Gasteiger partial charge in [-0.05, 0) is 86.7 Å². The third-order valence-electron chi connectivity index (χ3n) is 10.9. The lowest BCUT2D eigenvalue weighted by Crippen LogP contribution is -2.58. The number of carbonyl (C=O) groups excluding carboxylic acids is 7. The first-order valence-electron chi connectivity index (χ1n) is 21.7. The molecule has 1 aliphatic heterocycles. The number of likely N-dealkylation sites (tertiary alicyclic amines) is 1. The quantitative estimate of drug-likeness (QED) is 0.0427. The van der Waals surface area contributed by atoms with Crippen LogP contribution in [-0.4, -0.2) is 142 Å². The average Bonchev–Trinajstić information content (AvgIpc) is 3.94. The van der Waals surface area contributed by atoms with E-state index < -0.39 is 103 Å². The molecule has 3 aromatic rings. The number of hydrogen-bond donors (Lipinski definition) is 12. The van der Waals surface area contributed by atoms with E-state index in [9.17, 15) is 53.7 Å². The minimum absolute atomic E-state index is 0.0196. The molecule has 1 aromatic heterocycles. The fraction of sp³-hybridized carbons (Fsp3) is 0.500. The van der Waals surface area contributed by atoms with Gasteiger partial charge in [0.2, 0.25) is 41.4 Å². The molecule has 0 bridgehead atoms. The number of aromatic nitrogens is 1. The van der Waals surface area contributed by atoms with E-state index in [0.29, 0.717) is 37.8 Å². The number of carbonyl (C=O) groups is 8. The van der Waals surface area contributed by atoms with Crippen LogP contribution in [0, 0.1) is 5.92 Å². The molecule has 0 spiro atoms. The van der Waals surface area contributed by atoms with E-state index in [0.717, 1.165) is 16.5 Å². The minimum atomic E-state index is -1.55. The molecule has 0 radical (unpaired) electrons. The molecular weight excluding hydrogens is 845 g/mol. The Kier molecular flexibility index (Phi) is 19.7. The summed E-state index contributed by atoms with van der Waals surface area (Å²) >= 11 is 0. The predicted molar refractivity (Wildman–Crippen MR) is 237 cm³/mol. The molecule has 1 aliphatic rings. The van der Waals surface area contributed by atoms with E-state index in [1.54, 1.807) is 32.2 Å². The molecule has 65 heavy (non-hydrogen) atoms. The summed E-state index contributed by atoms with van der Waals surface area (Å²) in [5.41, 5.74) is 14.2. The summed E-state index contributed by atoms with van der Waals surface area (Å²) in [4.78, 5) is 109. The molecule has 1 fully saturated rings. The number of aromatic amines is 1. The van der Waals surface area contributed by atoms with Crippen molar-refractivity contribution in [3.05, 3.63) is 65.9 Å². The number of nitrogens with zero attached hydrogens (tertiary/aromatic N) is 1. The van der Waals surface area contributed by atoms with Crippen LogP contribution in [0.2, 0.25) is 0 Å². The smallest absolute Gasteiger partial charge is 0.326 e. The van der Waals surface area contributed by atoms with Gasteiger partial charge in [-0.2, -0.15) is 0 Å². The Labute approximate surface area is 376 Å². The van der Waals surface area contributed by atoms with Gasteiger partial charge in [0.25, 0.3) is 0 Å². The highest BCUT2D eigenvalue weighted by atomic mass is 16.4. The van der Waals surface area contributed by atoms with E-state index in [2.05, 4.69) is 36.9 Å². The Hall–Kier alpha value is -6.58. The number of aliphatic hydroxyl groups excluding tert-OH is 1. The lowest BCUT2D eigenvalue weighted by Gasteiger charge is -2.28. The zero-order valence-corrected chi connectivity index (χ0v) is 36.6. The standard InChI is InChI=1S/C44H62N10O11/c1-25(2)18-33(41(61)53-35(24-55)40(60)49-22-37(57)50-32(44(64)65)10-5-6-16-45)51-38(58)23-48-39(59)34(19-26-12-14-28(56)15-13-26)52-42(62)36-11-7-17-54(36)43(63)30(46)20-27-21-47-31-9-4-3-8-29(27)31/h3-4,8-9,12-15,21,25,30,32-36,47,55-56H,5-7,10-11,16-20,22-24,45-46H2,1-2H3,(H,48,59)(H,49,60)(H,50,57)(H,51,58)(H,52,62)(H,53,61)(H,64,65)/t30-,32-,33-,34-,35-,36-/m0/s1. The van der Waals surface area contributed by atoms with Gasteiger partial charge in [-0.1, -0.05) is 44.2 Å². The number of fused-ring (bicyclic) bond motifs is 1. The van der Waals surface area contributed by atoms with Crippen molar-refractivity contribution in [2.75, 3.05) is 32.8 Å². The van der Waals surface area contributed by atoms with Crippen LogP contribution in [0.15, 0.2) is 54.7 Å². The molecule has 21 heteroatoms. The van der Waals surface area contributed by atoms with E-state index in [1.807, 2.05) is 24.3 Å². The lowest BCUT2D eigenvalue weighted by molar-refractivity contribution is -0.142. The van der Waals surface area contributed by atoms with Crippen molar-refractivity contribution in [3.8, 4) is 5.75 Å². The SMILES string of the molecule is CC(C)C[C@H](NC(=O)CNC(=O)[C@H](Cc1ccc(O)cc1)NC(=O)[C@@H]1CCCN1C(=O)[C@@H](N)Cc1c[nH]c2ccccc12)C(=O)N[C@@H](CO)C(=O)NCC(=O)N[C@@H](CCCCN)C(=O)O. The molecule has 2 aromatic carbocycles. The molecule has 354 valence electrons. The van der Waals surface area contributed by atoms with Crippen LogP contribution in [0.3, 0.4) is 0 Å². The van der Waals surface area contributed by atoms with Gasteiger partial charge >= 0.3 is 5.97 Å². The number of carboxylic acids is 1. The fourth-order valence-electron chi connectivity index (χ4n) is 7.48. The topological polar surface area (TPSA) is 340 Å². The molecule has 1 saturated heterocycles. The molecule has 7 amide bonds. The van der Waals surface area contributed by atoms with Crippen LogP contribution < -0.4 is 43.4 Å². The lowest BCUT2D eigenvalue weighted by atomic mass is 10.0. The van der Waals surface area contributed by atoms with Gasteiger partial charge in [0.05, 0.1) is 25.7 Å². The monoisotopic (exact) mass is 906 g/mol. The first-order valence-corrected chi connectivity index (χ1v) is 21.7. The van der Waals surface area contributed by atoms with Crippen molar-refractivity contribution in [1.82, 2.24) is 41.8 Å². The number of rotatable bonds is 25. The van der Waals surface area contributed by atoms with Crippen LogP contribution in [-0.2, 0) is 51.2 Å². The van der Waals surface area contributed by atoms with Gasteiger partial charge in [0, 0.05) is 30.1 Å². The average molecular weight is 907 g/mol. The maximum atomic E-state index is 13.9. The first kappa shape index (κ1) is 51.1. The summed E-state index contributed by atoms with van der Waals surface area (Å²) in [6.45, 7) is 2.02. The number of unbranched alkanes of at least 4 members (excludes halogenated alkanes) is 1. The van der Waals surface area contributed by atoms with Gasteiger partial charge in [0.1, 0.15) is 36.0 Å². The molecular formula is C44H62N10O11. The Morgan fingerprint density at radius 1 is 0.800 bits per heavy atom. The number of aromatic hydroxyl groups is 1. The largest absolute Gasteiger partial charge is 0.508 e. The van der Waals surface area contributed by atoms with E-state index in [-0.39, 0.29) is 43.9 Å². The number of carboxylic acid groups (broad SMARTS) is 1. The number of aliphatic hydroxyl groups is 1. The second-order valence-electron chi connectivity index (χ2n) is 16.5.